The van der Waals surface area contributed by atoms with E-state index < -0.39 is 0 Å². The number of carbonyl (C=O) groups excluding carboxylic acids is 1. The van der Waals surface area contributed by atoms with Gasteiger partial charge in [0.1, 0.15) is 5.75 Å². The predicted octanol–water partition coefficient (Wildman–Crippen LogP) is 3.02. The number of methoxy groups -OCH3 is 1. The van der Waals surface area contributed by atoms with E-state index in [2.05, 4.69) is 18.0 Å². The van der Waals surface area contributed by atoms with Gasteiger partial charge in [-0.2, -0.15) is 0 Å². The maximum Gasteiger partial charge on any atom is 0.180 e. The van der Waals surface area contributed by atoms with Crippen LogP contribution in [0.25, 0.3) is 0 Å². The second-order valence-corrected chi connectivity index (χ2v) is 6.96. The lowest BCUT2D eigenvalue weighted by molar-refractivity contribution is 0.00835. The maximum atomic E-state index is 13.0. The van der Waals surface area contributed by atoms with Crippen LogP contribution in [-0.4, -0.2) is 37.4 Å². The lowest BCUT2D eigenvalue weighted by Gasteiger charge is -2.57. The van der Waals surface area contributed by atoms with Crippen molar-refractivity contribution in [2.75, 3.05) is 20.7 Å². The molecule has 1 saturated heterocycles. The molecule has 3 atom stereocenters. The first-order valence-corrected chi connectivity index (χ1v) is 8.10. The molecule has 2 aliphatic carbocycles. The standard InChI is InChI=1S/C18H23NO2/c1-19-10-9-18-8-4-3-5-14(18)16(19)17(20)13-7-6-12(21-2)11-15(13)18/h6-7,11,14,16H,3-5,8-10H2,1-2H3/t14-,16+,18+/m0/s1. The van der Waals surface area contributed by atoms with Crippen molar-refractivity contribution in [3.8, 4) is 5.75 Å². The molecule has 0 radical (unpaired) electrons. The van der Waals surface area contributed by atoms with Gasteiger partial charge in [0.05, 0.1) is 13.2 Å². The average Bonchev–Trinajstić information content (AvgIpc) is 2.53. The van der Waals surface area contributed by atoms with Crippen LogP contribution in [0.4, 0.5) is 0 Å². The fourth-order valence-electron chi connectivity index (χ4n) is 5.15. The van der Waals surface area contributed by atoms with E-state index in [0.29, 0.717) is 11.7 Å². The van der Waals surface area contributed by atoms with Gasteiger partial charge in [0, 0.05) is 11.0 Å². The molecule has 112 valence electrons. The highest BCUT2D eigenvalue weighted by atomic mass is 16.5. The van der Waals surface area contributed by atoms with E-state index in [4.69, 9.17) is 4.74 Å². The zero-order valence-corrected chi connectivity index (χ0v) is 12.9. The number of hydrogen-bond donors (Lipinski definition) is 0. The zero-order valence-electron chi connectivity index (χ0n) is 12.9. The lowest BCUT2D eigenvalue weighted by atomic mass is 9.52. The number of benzene rings is 1. The molecule has 0 amide bonds. The molecule has 2 bridgehead atoms. The highest BCUT2D eigenvalue weighted by molar-refractivity contribution is 6.03. The van der Waals surface area contributed by atoms with Crippen molar-refractivity contribution in [2.24, 2.45) is 5.92 Å². The SMILES string of the molecule is COc1ccc2c(c1)[C@@]13CCCC[C@H]1[C@H](C2=O)N(C)CC3. The normalized spacial score (nSPS) is 35.0. The van der Waals surface area contributed by atoms with Crippen LogP contribution in [0.3, 0.4) is 0 Å². The summed E-state index contributed by atoms with van der Waals surface area (Å²) in [5, 5.41) is 0. The largest absolute Gasteiger partial charge is 0.497 e. The molecule has 1 heterocycles. The molecule has 0 N–H and O–H groups in total. The van der Waals surface area contributed by atoms with Crippen molar-refractivity contribution >= 4 is 5.78 Å². The van der Waals surface area contributed by atoms with Crippen molar-refractivity contribution in [3.05, 3.63) is 29.3 Å². The first-order valence-electron chi connectivity index (χ1n) is 8.10. The second kappa shape index (κ2) is 4.57. The van der Waals surface area contributed by atoms with Gasteiger partial charge in [0.2, 0.25) is 0 Å². The molecule has 4 rings (SSSR count). The van der Waals surface area contributed by atoms with Crippen LogP contribution in [0.5, 0.6) is 5.75 Å². The van der Waals surface area contributed by atoms with E-state index in [1.165, 1.54) is 37.7 Å². The number of likely N-dealkylation sites (tertiary alicyclic amines) is 1. The van der Waals surface area contributed by atoms with Crippen molar-refractivity contribution in [3.63, 3.8) is 0 Å². The zero-order chi connectivity index (χ0) is 14.6. The highest BCUT2D eigenvalue weighted by Crippen LogP contribution is 2.55. The molecule has 1 saturated carbocycles. The third-order valence-corrected chi connectivity index (χ3v) is 6.16. The summed E-state index contributed by atoms with van der Waals surface area (Å²) >= 11 is 0. The number of rotatable bonds is 1. The summed E-state index contributed by atoms with van der Waals surface area (Å²) in [5.41, 5.74) is 2.44. The fourth-order valence-corrected chi connectivity index (χ4v) is 5.15. The van der Waals surface area contributed by atoms with Crippen LogP contribution in [-0.2, 0) is 5.41 Å². The molecule has 0 spiro atoms. The van der Waals surface area contributed by atoms with Crippen LogP contribution < -0.4 is 4.74 Å². The molecule has 21 heavy (non-hydrogen) atoms. The molecule has 3 nitrogen and oxygen atoms in total. The number of piperidine rings is 1. The van der Waals surface area contributed by atoms with E-state index in [0.717, 1.165) is 17.9 Å². The number of ketones is 1. The van der Waals surface area contributed by atoms with Crippen LogP contribution in [0.15, 0.2) is 18.2 Å². The van der Waals surface area contributed by atoms with Crippen molar-refractivity contribution in [1.82, 2.24) is 4.90 Å². The average molecular weight is 285 g/mol. The molecule has 3 heteroatoms. The molecule has 1 aromatic rings. The Morgan fingerprint density at radius 3 is 2.95 bits per heavy atom. The van der Waals surface area contributed by atoms with E-state index in [9.17, 15) is 4.79 Å². The summed E-state index contributed by atoms with van der Waals surface area (Å²) in [5.74, 6) is 1.71. The Bertz CT molecular complexity index is 597. The summed E-state index contributed by atoms with van der Waals surface area (Å²) in [6.45, 7) is 1.03. The van der Waals surface area contributed by atoms with E-state index in [1.807, 2.05) is 12.1 Å². The van der Waals surface area contributed by atoms with E-state index in [-0.39, 0.29) is 11.5 Å². The summed E-state index contributed by atoms with van der Waals surface area (Å²) in [7, 11) is 3.83. The van der Waals surface area contributed by atoms with Gasteiger partial charge in [-0.15, -0.1) is 0 Å². The number of ether oxygens (including phenoxy) is 1. The minimum absolute atomic E-state index is 0.0972. The third kappa shape index (κ3) is 1.67. The van der Waals surface area contributed by atoms with Gasteiger partial charge in [0.25, 0.3) is 0 Å². The van der Waals surface area contributed by atoms with Crippen LogP contribution in [0.1, 0.15) is 48.0 Å². The Hall–Kier alpha value is -1.35. The number of hydrogen-bond acceptors (Lipinski definition) is 3. The van der Waals surface area contributed by atoms with Gasteiger partial charge in [-0.25, -0.2) is 0 Å². The maximum absolute atomic E-state index is 13.0. The molecule has 3 aliphatic rings. The minimum atomic E-state index is 0.0972. The van der Waals surface area contributed by atoms with Crippen LogP contribution in [0, 0.1) is 5.92 Å². The fraction of sp³-hybridized carbons (Fsp3) is 0.611. The predicted molar refractivity (Wildman–Crippen MR) is 82.0 cm³/mol. The lowest BCUT2D eigenvalue weighted by Crippen LogP contribution is -2.62. The van der Waals surface area contributed by atoms with E-state index in [1.54, 1.807) is 7.11 Å². The van der Waals surface area contributed by atoms with Crippen LogP contribution in [0.2, 0.25) is 0 Å². The van der Waals surface area contributed by atoms with Gasteiger partial charge in [-0.05, 0) is 62.5 Å². The van der Waals surface area contributed by atoms with Crippen molar-refractivity contribution in [2.45, 2.75) is 43.6 Å². The van der Waals surface area contributed by atoms with Gasteiger partial charge in [-0.1, -0.05) is 12.8 Å². The van der Waals surface area contributed by atoms with Crippen molar-refractivity contribution < 1.29 is 9.53 Å². The van der Waals surface area contributed by atoms with Crippen molar-refractivity contribution in [1.29, 1.82) is 0 Å². The molecule has 0 unspecified atom stereocenters. The topological polar surface area (TPSA) is 29.5 Å². The number of fused-ring (bicyclic) bond motifs is 1. The second-order valence-electron chi connectivity index (χ2n) is 6.96. The number of likely N-dealkylation sites (N-methyl/N-ethyl adjacent to an activating group) is 1. The van der Waals surface area contributed by atoms with Gasteiger partial charge in [0.15, 0.2) is 5.78 Å². The Kier molecular flexibility index (Phi) is 2.90. The summed E-state index contributed by atoms with van der Waals surface area (Å²) in [4.78, 5) is 15.3. The monoisotopic (exact) mass is 285 g/mol. The van der Waals surface area contributed by atoms with Gasteiger partial charge < -0.3 is 4.74 Å². The minimum Gasteiger partial charge on any atom is -0.497 e. The molecule has 1 aliphatic heterocycles. The molecular formula is C18H23NO2. The Balaban J connectivity index is 1.95. The summed E-state index contributed by atoms with van der Waals surface area (Å²) in [6, 6.07) is 6.18. The third-order valence-electron chi connectivity index (χ3n) is 6.16. The number of nitrogens with zero attached hydrogens (tertiary/aromatic N) is 1. The Morgan fingerprint density at radius 1 is 1.29 bits per heavy atom. The van der Waals surface area contributed by atoms with Crippen LogP contribution >= 0.6 is 0 Å². The Labute approximate surface area is 126 Å². The molecular weight excluding hydrogens is 262 g/mol. The molecule has 1 aromatic carbocycles. The number of carbonyl (C=O) groups is 1. The molecule has 0 aromatic heterocycles. The van der Waals surface area contributed by atoms with Gasteiger partial charge >= 0.3 is 0 Å². The number of Topliss-reactive ketones (excluding diaryl/α,β-unsaturated/α-hetero) is 1. The first kappa shape index (κ1) is 13.3. The molecule has 2 fully saturated rings. The highest BCUT2D eigenvalue weighted by Gasteiger charge is 2.56. The summed E-state index contributed by atoms with van der Waals surface area (Å²) < 4.78 is 5.43. The quantitative estimate of drug-likeness (QED) is 0.794. The Morgan fingerprint density at radius 2 is 2.14 bits per heavy atom. The van der Waals surface area contributed by atoms with E-state index >= 15 is 0 Å². The van der Waals surface area contributed by atoms with Gasteiger partial charge in [-0.3, -0.25) is 9.69 Å². The first-order chi connectivity index (χ1) is 10.2. The summed E-state index contributed by atoms with van der Waals surface area (Å²) in [6.07, 6.45) is 6.16. The smallest absolute Gasteiger partial charge is 0.180 e.